The Morgan fingerprint density at radius 3 is 2.50 bits per heavy atom. The molecule has 2 aromatic heterocycles. The third-order valence-corrected chi connectivity index (χ3v) is 3.00. The second-order valence-corrected chi connectivity index (χ2v) is 5.32. The predicted octanol–water partition coefficient (Wildman–Crippen LogP) is 3.15. The first kappa shape index (κ1) is 13.0. The molecule has 0 saturated heterocycles. The van der Waals surface area contributed by atoms with E-state index in [2.05, 4.69) is 50.2 Å². The van der Waals surface area contributed by atoms with Crippen LogP contribution >= 0.6 is 15.9 Å². The zero-order chi connectivity index (χ0) is 13.3. The van der Waals surface area contributed by atoms with E-state index in [1.54, 1.807) is 0 Å². The Bertz CT molecular complexity index is 542. The van der Waals surface area contributed by atoms with Crippen LogP contribution in [0, 0.1) is 6.92 Å². The van der Waals surface area contributed by atoms with Gasteiger partial charge in [-0.05, 0) is 22.9 Å². The van der Waals surface area contributed by atoms with E-state index in [-0.39, 0.29) is 5.92 Å². The van der Waals surface area contributed by atoms with Gasteiger partial charge in [0.1, 0.15) is 16.2 Å². The monoisotopic (exact) mass is 309 g/mol. The Labute approximate surface area is 115 Å². The molecular formula is C12H16BrN5. The SMILES string of the molecule is Cc1cc(Nc2cc(Br)nc(C(C)C)n2)nn1C. The van der Waals surface area contributed by atoms with Crippen molar-refractivity contribution < 1.29 is 0 Å². The zero-order valence-corrected chi connectivity index (χ0v) is 12.5. The molecule has 2 rings (SSSR count). The van der Waals surface area contributed by atoms with Crippen LogP contribution in [-0.2, 0) is 7.05 Å². The Hall–Kier alpha value is -1.43. The molecule has 0 bridgehead atoms. The van der Waals surface area contributed by atoms with Crippen LogP contribution in [0.15, 0.2) is 16.7 Å². The summed E-state index contributed by atoms with van der Waals surface area (Å²) in [5.41, 5.74) is 1.09. The number of aryl methyl sites for hydroxylation is 2. The second-order valence-electron chi connectivity index (χ2n) is 4.51. The van der Waals surface area contributed by atoms with Gasteiger partial charge in [-0.25, -0.2) is 9.97 Å². The maximum Gasteiger partial charge on any atom is 0.153 e. The van der Waals surface area contributed by atoms with Gasteiger partial charge in [0.2, 0.25) is 0 Å². The summed E-state index contributed by atoms with van der Waals surface area (Å²) < 4.78 is 2.60. The summed E-state index contributed by atoms with van der Waals surface area (Å²) in [5.74, 6) is 2.63. The van der Waals surface area contributed by atoms with E-state index in [1.807, 2.05) is 30.8 Å². The van der Waals surface area contributed by atoms with Gasteiger partial charge >= 0.3 is 0 Å². The minimum atomic E-state index is 0.286. The van der Waals surface area contributed by atoms with Gasteiger partial charge < -0.3 is 5.32 Å². The van der Waals surface area contributed by atoms with Crippen molar-refractivity contribution >= 4 is 27.6 Å². The molecular weight excluding hydrogens is 294 g/mol. The van der Waals surface area contributed by atoms with Gasteiger partial charge in [-0.3, -0.25) is 4.68 Å². The second kappa shape index (κ2) is 5.06. The molecule has 0 aromatic carbocycles. The maximum absolute atomic E-state index is 4.47. The number of halogens is 1. The molecule has 0 radical (unpaired) electrons. The topological polar surface area (TPSA) is 55.6 Å². The smallest absolute Gasteiger partial charge is 0.153 e. The summed E-state index contributed by atoms with van der Waals surface area (Å²) >= 11 is 3.40. The van der Waals surface area contributed by atoms with Crippen molar-refractivity contribution in [2.75, 3.05) is 5.32 Å². The third kappa shape index (κ3) is 2.87. The summed E-state index contributed by atoms with van der Waals surface area (Å²) in [6.45, 7) is 6.14. The lowest BCUT2D eigenvalue weighted by atomic mass is 10.2. The Balaban J connectivity index is 2.28. The van der Waals surface area contributed by atoms with Crippen molar-refractivity contribution in [3.63, 3.8) is 0 Å². The number of hydrogen-bond donors (Lipinski definition) is 1. The van der Waals surface area contributed by atoms with Crippen molar-refractivity contribution in [1.29, 1.82) is 0 Å². The fourth-order valence-electron chi connectivity index (χ4n) is 1.51. The fraction of sp³-hybridized carbons (Fsp3) is 0.417. The van der Waals surface area contributed by atoms with E-state index in [9.17, 15) is 0 Å². The number of nitrogens with zero attached hydrogens (tertiary/aromatic N) is 4. The highest BCUT2D eigenvalue weighted by atomic mass is 79.9. The number of anilines is 2. The molecule has 2 heterocycles. The quantitative estimate of drug-likeness (QED) is 0.885. The van der Waals surface area contributed by atoms with Crippen molar-refractivity contribution in [1.82, 2.24) is 19.7 Å². The number of rotatable bonds is 3. The first-order chi connectivity index (χ1) is 8.45. The highest BCUT2D eigenvalue weighted by molar-refractivity contribution is 9.10. The number of hydrogen-bond acceptors (Lipinski definition) is 4. The molecule has 18 heavy (non-hydrogen) atoms. The van der Waals surface area contributed by atoms with Crippen LogP contribution in [0.1, 0.15) is 31.3 Å². The van der Waals surface area contributed by atoms with Gasteiger partial charge in [0.05, 0.1) is 0 Å². The average Bonchev–Trinajstić information content (AvgIpc) is 2.56. The van der Waals surface area contributed by atoms with E-state index in [0.717, 1.165) is 27.8 Å². The van der Waals surface area contributed by atoms with Crippen LogP contribution in [0.3, 0.4) is 0 Å². The van der Waals surface area contributed by atoms with Crippen molar-refractivity contribution in [2.24, 2.45) is 7.05 Å². The van der Waals surface area contributed by atoms with Gasteiger partial charge in [0.25, 0.3) is 0 Å². The highest BCUT2D eigenvalue weighted by Crippen LogP contribution is 2.20. The molecule has 0 unspecified atom stereocenters. The fourth-order valence-corrected chi connectivity index (χ4v) is 1.91. The molecule has 96 valence electrons. The largest absolute Gasteiger partial charge is 0.323 e. The van der Waals surface area contributed by atoms with Gasteiger partial charge in [-0.2, -0.15) is 5.10 Å². The summed E-state index contributed by atoms with van der Waals surface area (Å²) in [6.07, 6.45) is 0. The van der Waals surface area contributed by atoms with E-state index >= 15 is 0 Å². The molecule has 0 fully saturated rings. The average molecular weight is 310 g/mol. The van der Waals surface area contributed by atoms with Gasteiger partial charge in [0, 0.05) is 30.8 Å². The normalized spacial score (nSPS) is 11.0. The first-order valence-corrected chi connectivity index (χ1v) is 6.57. The summed E-state index contributed by atoms with van der Waals surface area (Å²) in [4.78, 5) is 8.80. The molecule has 0 spiro atoms. The lowest BCUT2D eigenvalue weighted by Gasteiger charge is -2.07. The molecule has 0 aliphatic carbocycles. The van der Waals surface area contributed by atoms with E-state index in [1.165, 1.54) is 0 Å². The minimum Gasteiger partial charge on any atom is -0.323 e. The minimum absolute atomic E-state index is 0.286. The number of aromatic nitrogens is 4. The van der Waals surface area contributed by atoms with Gasteiger partial charge in [0.15, 0.2) is 5.82 Å². The summed E-state index contributed by atoms with van der Waals surface area (Å²) in [7, 11) is 1.91. The van der Waals surface area contributed by atoms with Crippen LogP contribution in [0.5, 0.6) is 0 Å². The van der Waals surface area contributed by atoms with E-state index in [4.69, 9.17) is 0 Å². The molecule has 2 aromatic rings. The standard InChI is InChI=1S/C12H16BrN5/c1-7(2)12-14-9(13)6-10(16-12)15-11-5-8(3)18(4)17-11/h5-7H,1-4H3,(H,14,15,16,17). The van der Waals surface area contributed by atoms with Crippen molar-refractivity contribution in [3.05, 3.63) is 28.3 Å². The summed E-state index contributed by atoms with van der Waals surface area (Å²) in [6, 6.07) is 3.82. The molecule has 6 heteroatoms. The van der Waals surface area contributed by atoms with Crippen molar-refractivity contribution in [2.45, 2.75) is 26.7 Å². The Morgan fingerprint density at radius 2 is 1.94 bits per heavy atom. The zero-order valence-electron chi connectivity index (χ0n) is 10.9. The highest BCUT2D eigenvalue weighted by Gasteiger charge is 2.08. The molecule has 0 aliphatic rings. The lowest BCUT2D eigenvalue weighted by Crippen LogP contribution is -2.02. The maximum atomic E-state index is 4.47. The van der Waals surface area contributed by atoms with Gasteiger partial charge in [-0.15, -0.1) is 0 Å². The molecule has 0 aliphatic heterocycles. The van der Waals surface area contributed by atoms with E-state index in [0.29, 0.717) is 0 Å². The van der Waals surface area contributed by atoms with Crippen LogP contribution in [0.25, 0.3) is 0 Å². The molecule has 0 atom stereocenters. The predicted molar refractivity (Wildman–Crippen MR) is 75.0 cm³/mol. The molecule has 5 nitrogen and oxygen atoms in total. The Kier molecular flexibility index (Phi) is 3.65. The number of nitrogens with one attached hydrogen (secondary N) is 1. The van der Waals surface area contributed by atoms with Crippen LogP contribution in [0.2, 0.25) is 0 Å². The molecule has 0 amide bonds. The molecule has 0 saturated carbocycles. The lowest BCUT2D eigenvalue weighted by molar-refractivity contribution is 0.742. The summed E-state index contributed by atoms with van der Waals surface area (Å²) in [5, 5.41) is 7.53. The Morgan fingerprint density at radius 1 is 1.22 bits per heavy atom. The van der Waals surface area contributed by atoms with Gasteiger partial charge in [-0.1, -0.05) is 13.8 Å². The van der Waals surface area contributed by atoms with E-state index < -0.39 is 0 Å². The van der Waals surface area contributed by atoms with Crippen LogP contribution < -0.4 is 5.32 Å². The third-order valence-electron chi connectivity index (χ3n) is 2.60. The molecule has 1 N–H and O–H groups in total. The van der Waals surface area contributed by atoms with Crippen molar-refractivity contribution in [3.8, 4) is 0 Å². The van der Waals surface area contributed by atoms with Crippen LogP contribution in [0.4, 0.5) is 11.6 Å². The van der Waals surface area contributed by atoms with Crippen LogP contribution in [-0.4, -0.2) is 19.7 Å². The first-order valence-electron chi connectivity index (χ1n) is 5.78.